The van der Waals surface area contributed by atoms with Crippen molar-refractivity contribution in [2.24, 2.45) is 0 Å². The highest BCUT2D eigenvalue weighted by Gasteiger charge is 2.43. The average Bonchev–Trinajstić information content (AvgIpc) is 3.31. The van der Waals surface area contributed by atoms with Gasteiger partial charge in [0.05, 0.1) is 41.1 Å². The Morgan fingerprint density at radius 1 is 1.05 bits per heavy atom. The van der Waals surface area contributed by atoms with Crippen LogP contribution in [0.3, 0.4) is 0 Å². The number of rotatable bonds is 6. The number of piperidine rings is 1. The third-order valence-electron chi connectivity index (χ3n) is 6.58. The first-order valence-electron chi connectivity index (χ1n) is 13.8. The van der Waals surface area contributed by atoms with Crippen LogP contribution in [0.2, 0.25) is 0 Å². The van der Waals surface area contributed by atoms with E-state index < -0.39 is 48.4 Å². The van der Waals surface area contributed by atoms with E-state index in [1.54, 1.807) is 33.9 Å². The second-order valence-electron chi connectivity index (χ2n) is 11.5. The number of halogens is 2. The summed E-state index contributed by atoms with van der Waals surface area (Å²) in [5.74, 6) is -3.74. The molecule has 1 unspecified atom stereocenters. The molecule has 230 valence electrons. The van der Waals surface area contributed by atoms with Crippen molar-refractivity contribution < 1.29 is 27.9 Å². The molecule has 3 N–H and O–H groups in total. The molecule has 1 fully saturated rings. The van der Waals surface area contributed by atoms with Gasteiger partial charge in [-0.2, -0.15) is 4.37 Å². The van der Waals surface area contributed by atoms with Crippen LogP contribution in [0.5, 0.6) is 0 Å². The molecule has 3 amide bonds. The van der Waals surface area contributed by atoms with Gasteiger partial charge in [-0.3, -0.25) is 14.6 Å². The van der Waals surface area contributed by atoms with Gasteiger partial charge in [0.2, 0.25) is 0 Å². The summed E-state index contributed by atoms with van der Waals surface area (Å²) in [6, 6.07) is 12.5. The number of alkyl halides is 2. The van der Waals surface area contributed by atoms with E-state index in [2.05, 4.69) is 30.3 Å². The molecule has 0 spiro atoms. The van der Waals surface area contributed by atoms with Crippen molar-refractivity contribution >= 4 is 57.0 Å². The largest absolute Gasteiger partial charge is 0.444 e. The predicted molar refractivity (Wildman–Crippen MR) is 163 cm³/mol. The summed E-state index contributed by atoms with van der Waals surface area (Å²) < 4.78 is 38.4. The average molecular weight is 624 g/mol. The molecule has 0 saturated carbocycles. The summed E-state index contributed by atoms with van der Waals surface area (Å²) in [5, 5.41) is 9.00. The molecule has 3 heterocycles. The van der Waals surface area contributed by atoms with E-state index in [0.29, 0.717) is 33.3 Å². The number of nitrogens with zero attached hydrogens (tertiary/aromatic N) is 4. The lowest BCUT2D eigenvalue weighted by atomic mass is 10.0. The second-order valence-corrected chi connectivity index (χ2v) is 12.2. The van der Waals surface area contributed by atoms with Gasteiger partial charge < -0.3 is 25.6 Å². The van der Waals surface area contributed by atoms with E-state index in [0.717, 1.165) is 21.9 Å². The number of para-hydroxylation sites is 2. The van der Waals surface area contributed by atoms with Crippen molar-refractivity contribution in [1.82, 2.24) is 24.6 Å². The Morgan fingerprint density at radius 2 is 1.75 bits per heavy atom. The maximum absolute atomic E-state index is 14.4. The number of nitrogens with one attached hydrogen (secondary N) is 3. The molecule has 2 aromatic heterocycles. The molecule has 1 aliphatic heterocycles. The van der Waals surface area contributed by atoms with Gasteiger partial charge in [0.1, 0.15) is 16.4 Å². The van der Waals surface area contributed by atoms with E-state index in [4.69, 9.17) is 4.74 Å². The van der Waals surface area contributed by atoms with Gasteiger partial charge >= 0.3 is 6.09 Å². The monoisotopic (exact) mass is 623 g/mol. The molecular formula is C30H31F2N7O4S. The highest BCUT2D eigenvalue weighted by atomic mass is 32.1. The topological polar surface area (TPSA) is 138 Å². The Labute approximate surface area is 256 Å². The van der Waals surface area contributed by atoms with Gasteiger partial charge in [0.15, 0.2) is 0 Å². The third kappa shape index (κ3) is 7.43. The maximum atomic E-state index is 14.4. The summed E-state index contributed by atoms with van der Waals surface area (Å²) in [6.07, 6.45) is 0.101. The molecule has 0 radical (unpaired) electrons. The lowest BCUT2D eigenvalue weighted by molar-refractivity contribution is -0.0773. The molecule has 1 atom stereocenters. The van der Waals surface area contributed by atoms with Gasteiger partial charge in [-0.1, -0.05) is 12.1 Å². The molecule has 11 nitrogen and oxygen atoms in total. The molecule has 5 rings (SSSR count). The van der Waals surface area contributed by atoms with E-state index >= 15 is 0 Å². The number of likely N-dealkylation sites (tertiary alicyclic amines) is 1. The zero-order valence-electron chi connectivity index (χ0n) is 24.5. The van der Waals surface area contributed by atoms with Crippen LogP contribution in [0, 0.1) is 6.92 Å². The highest BCUT2D eigenvalue weighted by Crippen LogP contribution is 2.30. The van der Waals surface area contributed by atoms with Crippen molar-refractivity contribution in [1.29, 1.82) is 0 Å². The van der Waals surface area contributed by atoms with Crippen LogP contribution in [0.1, 0.15) is 53.6 Å². The Bertz CT molecular complexity index is 1710. The third-order valence-corrected chi connectivity index (χ3v) is 7.43. The van der Waals surface area contributed by atoms with Crippen LogP contribution in [0.15, 0.2) is 54.7 Å². The number of anilines is 3. The first-order chi connectivity index (χ1) is 20.8. The van der Waals surface area contributed by atoms with Gasteiger partial charge in [-0.05, 0) is 75.6 Å². The Balaban J connectivity index is 1.22. The highest BCUT2D eigenvalue weighted by molar-refractivity contribution is 7.10. The van der Waals surface area contributed by atoms with Crippen LogP contribution in [-0.2, 0) is 4.74 Å². The van der Waals surface area contributed by atoms with Crippen molar-refractivity contribution in [3.8, 4) is 0 Å². The molecule has 1 saturated heterocycles. The minimum Gasteiger partial charge on any atom is -0.444 e. The number of hydrogen-bond acceptors (Lipinski definition) is 9. The van der Waals surface area contributed by atoms with Crippen molar-refractivity contribution in [3.63, 3.8) is 0 Å². The summed E-state index contributed by atoms with van der Waals surface area (Å²) in [7, 11) is 0. The Hall–Kier alpha value is -4.72. The van der Waals surface area contributed by atoms with Crippen molar-refractivity contribution in [2.75, 3.05) is 23.7 Å². The standard InChI is InChI=1S/C30H31F2N7O4S/c1-17-24(27(44-38-17)37-23-14-33-21-7-5-6-8-22(21)36-23)26(41)34-19-11-9-18(10-12-19)25(40)35-20-13-30(31,32)16-39(15-20)28(42)43-29(2,3)4/h5-12,14,20H,13,15-16H2,1-4H3,(H,34,41)(H,35,40)(H,36,37). The quantitative estimate of drug-likeness (QED) is 0.246. The van der Waals surface area contributed by atoms with Gasteiger partial charge in [0, 0.05) is 24.2 Å². The molecule has 0 aliphatic carbocycles. The fourth-order valence-corrected chi connectivity index (χ4v) is 5.49. The number of fused-ring (bicyclic) bond motifs is 1. The van der Waals surface area contributed by atoms with Gasteiger partial charge in [0.25, 0.3) is 17.7 Å². The zero-order chi connectivity index (χ0) is 31.6. The number of ether oxygens (including phenoxy) is 1. The number of carbonyl (C=O) groups is 3. The first-order valence-corrected chi connectivity index (χ1v) is 14.6. The molecule has 1 aliphatic rings. The van der Waals surface area contributed by atoms with Crippen LogP contribution >= 0.6 is 11.5 Å². The molecular weight excluding hydrogens is 592 g/mol. The Kier molecular flexibility index (Phi) is 8.46. The van der Waals surface area contributed by atoms with Crippen LogP contribution in [0.4, 0.5) is 30.1 Å². The van der Waals surface area contributed by atoms with Crippen molar-refractivity contribution in [2.45, 2.75) is 51.7 Å². The summed E-state index contributed by atoms with van der Waals surface area (Å²) in [5.41, 5.74) is 2.06. The van der Waals surface area contributed by atoms with Crippen molar-refractivity contribution in [3.05, 3.63) is 71.5 Å². The second kappa shape index (κ2) is 12.1. The molecule has 14 heteroatoms. The normalized spacial score (nSPS) is 16.3. The molecule has 4 aromatic rings. The van der Waals surface area contributed by atoms with E-state index in [-0.39, 0.29) is 12.1 Å². The molecule has 44 heavy (non-hydrogen) atoms. The lowest BCUT2D eigenvalue weighted by Gasteiger charge is -2.38. The Morgan fingerprint density at radius 3 is 2.45 bits per heavy atom. The first kappa shape index (κ1) is 30.7. The fourth-order valence-electron chi connectivity index (χ4n) is 4.69. The fraction of sp³-hybridized carbons (Fsp3) is 0.333. The number of benzene rings is 2. The van der Waals surface area contributed by atoms with Gasteiger partial charge in [-0.25, -0.2) is 18.6 Å². The van der Waals surface area contributed by atoms with Gasteiger partial charge in [-0.15, -0.1) is 0 Å². The smallest absolute Gasteiger partial charge is 0.410 e. The number of carbonyl (C=O) groups excluding carboxylic acids is 3. The minimum absolute atomic E-state index is 0.112. The van der Waals surface area contributed by atoms with Crippen LogP contribution in [-0.4, -0.2) is 67.8 Å². The maximum Gasteiger partial charge on any atom is 0.410 e. The number of hydrogen-bond donors (Lipinski definition) is 3. The number of aryl methyl sites for hydroxylation is 1. The van der Waals surface area contributed by atoms with Crippen LogP contribution < -0.4 is 16.0 Å². The summed E-state index contributed by atoms with van der Waals surface area (Å²) in [4.78, 5) is 48.3. The minimum atomic E-state index is -3.19. The van der Waals surface area contributed by atoms with E-state index in [1.165, 1.54) is 24.3 Å². The molecule has 0 bridgehead atoms. The lowest BCUT2D eigenvalue weighted by Crippen LogP contribution is -2.57. The van der Waals surface area contributed by atoms with E-state index in [9.17, 15) is 23.2 Å². The van der Waals surface area contributed by atoms with E-state index in [1.807, 2.05) is 24.3 Å². The van der Waals surface area contributed by atoms with Crippen LogP contribution in [0.25, 0.3) is 11.0 Å². The summed E-state index contributed by atoms with van der Waals surface area (Å²) >= 11 is 1.11. The number of amides is 3. The zero-order valence-corrected chi connectivity index (χ0v) is 25.3. The number of aromatic nitrogens is 3. The SMILES string of the molecule is Cc1nsc(Nc2cnc3ccccc3n2)c1C(=O)Nc1ccc(C(=O)NC2CN(C(=O)OC(C)(C)C)CC(F)(F)C2)cc1. The summed E-state index contributed by atoms with van der Waals surface area (Å²) in [6.45, 7) is 5.76. The predicted octanol–water partition coefficient (Wildman–Crippen LogP) is 5.77. The molecule has 2 aromatic carbocycles.